The summed E-state index contributed by atoms with van der Waals surface area (Å²) in [5.41, 5.74) is 12.3. The van der Waals surface area contributed by atoms with Gasteiger partial charge in [0.05, 0.1) is 11.7 Å². The fraction of sp³-hybridized carbons (Fsp3) is 0.357. The Hall–Kier alpha value is -3.09. The van der Waals surface area contributed by atoms with Gasteiger partial charge in [0.2, 0.25) is 5.91 Å². The van der Waals surface area contributed by atoms with Crippen LogP contribution in [0.3, 0.4) is 0 Å². The van der Waals surface area contributed by atoms with Crippen molar-refractivity contribution in [1.29, 1.82) is 0 Å². The van der Waals surface area contributed by atoms with Gasteiger partial charge in [0.25, 0.3) is 0 Å². The number of aromatic nitrogens is 2. The first-order valence-corrected chi connectivity index (χ1v) is 12.8. The third kappa shape index (κ3) is 5.29. The molecule has 5 N–H and O–H groups in total. The average Bonchev–Trinajstić information content (AvgIpc) is 3.25. The summed E-state index contributed by atoms with van der Waals surface area (Å²) >= 11 is 6.14. The van der Waals surface area contributed by atoms with Crippen LogP contribution in [0.4, 0.5) is 5.69 Å². The lowest BCUT2D eigenvalue weighted by atomic mass is 9.92. The van der Waals surface area contributed by atoms with Crippen molar-refractivity contribution in [1.82, 2.24) is 15.3 Å². The predicted octanol–water partition coefficient (Wildman–Crippen LogP) is 5.47. The number of carbonyl (C=O) groups is 1. The van der Waals surface area contributed by atoms with Crippen LogP contribution in [-0.4, -0.2) is 28.1 Å². The third-order valence-electron chi connectivity index (χ3n) is 6.93. The highest BCUT2D eigenvalue weighted by molar-refractivity contribution is 6.31. The number of nitrogens with one attached hydrogen (secondary N) is 3. The zero-order valence-electron chi connectivity index (χ0n) is 20.0. The number of hydrogen-bond acceptors (Lipinski definition) is 4. The minimum atomic E-state index is -0.254. The number of rotatable bonds is 5. The Balaban J connectivity index is 0.000000158. The normalized spacial score (nSPS) is 18.9. The summed E-state index contributed by atoms with van der Waals surface area (Å²) in [6.45, 7) is 2.22. The number of pyridine rings is 1. The lowest BCUT2D eigenvalue weighted by Gasteiger charge is -2.37. The molecule has 2 aromatic carbocycles. The summed E-state index contributed by atoms with van der Waals surface area (Å²) < 4.78 is 0. The first-order chi connectivity index (χ1) is 17.0. The van der Waals surface area contributed by atoms with E-state index in [9.17, 15) is 4.79 Å². The molecule has 1 saturated heterocycles. The maximum atomic E-state index is 10.6. The summed E-state index contributed by atoms with van der Waals surface area (Å²) in [5.74, 6) is -0.254. The number of para-hydroxylation sites is 1. The van der Waals surface area contributed by atoms with Crippen LogP contribution < -0.4 is 16.4 Å². The number of primary amides is 1. The van der Waals surface area contributed by atoms with Crippen molar-refractivity contribution in [3.05, 3.63) is 70.5 Å². The van der Waals surface area contributed by atoms with Crippen molar-refractivity contribution in [2.24, 2.45) is 5.73 Å². The molecule has 0 bridgehead atoms. The number of halogens is 1. The number of aromatic amines is 1. The highest BCUT2D eigenvalue weighted by Crippen LogP contribution is 2.35. The molecule has 7 heteroatoms. The summed E-state index contributed by atoms with van der Waals surface area (Å²) in [7, 11) is 0. The van der Waals surface area contributed by atoms with E-state index in [-0.39, 0.29) is 5.91 Å². The maximum absolute atomic E-state index is 10.6. The quantitative estimate of drug-likeness (QED) is 0.299. The number of aryl methyl sites for hydroxylation is 2. The Bertz CT molecular complexity index is 1360. The molecule has 2 aromatic heterocycles. The van der Waals surface area contributed by atoms with Gasteiger partial charge in [0.1, 0.15) is 0 Å². The molecule has 2 atom stereocenters. The minimum Gasteiger partial charge on any atom is -0.370 e. The fourth-order valence-corrected chi connectivity index (χ4v) is 5.27. The lowest BCUT2D eigenvalue weighted by Crippen LogP contribution is -2.54. The molecular formula is C28H32ClN5O. The second-order valence-electron chi connectivity index (χ2n) is 9.61. The second kappa shape index (κ2) is 10.3. The van der Waals surface area contributed by atoms with Crippen molar-refractivity contribution in [2.75, 3.05) is 5.32 Å². The summed E-state index contributed by atoms with van der Waals surface area (Å²) in [6, 6.07) is 14.7. The van der Waals surface area contributed by atoms with Crippen LogP contribution in [-0.2, 0) is 24.1 Å². The first-order valence-electron chi connectivity index (χ1n) is 12.4. The molecule has 6 nitrogen and oxygen atoms in total. The molecule has 2 aliphatic rings. The van der Waals surface area contributed by atoms with Crippen molar-refractivity contribution in [3.63, 3.8) is 0 Å². The Morgan fingerprint density at radius 1 is 1.17 bits per heavy atom. The second-order valence-corrected chi connectivity index (χ2v) is 10.0. The topological polar surface area (TPSA) is 95.8 Å². The molecule has 0 spiro atoms. The first kappa shape index (κ1) is 23.6. The summed E-state index contributed by atoms with van der Waals surface area (Å²) in [6.07, 6.45) is 9.32. The number of hydrogen-bond donors (Lipinski definition) is 4. The number of nitrogens with zero attached hydrogens (tertiary/aromatic N) is 1. The van der Waals surface area contributed by atoms with E-state index in [1.54, 1.807) is 0 Å². The van der Waals surface area contributed by atoms with Gasteiger partial charge in [-0.1, -0.05) is 29.8 Å². The Kier molecular flexibility index (Phi) is 6.93. The van der Waals surface area contributed by atoms with Crippen LogP contribution >= 0.6 is 11.6 Å². The van der Waals surface area contributed by atoms with Crippen LogP contribution in [0.2, 0.25) is 5.02 Å². The van der Waals surface area contributed by atoms with Gasteiger partial charge in [0.15, 0.2) is 0 Å². The molecular weight excluding hydrogens is 458 g/mol. The van der Waals surface area contributed by atoms with Gasteiger partial charge in [-0.25, -0.2) is 0 Å². The van der Waals surface area contributed by atoms with Gasteiger partial charge in [-0.3, -0.25) is 15.1 Å². The molecule has 35 heavy (non-hydrogen) atoms. The molecule has 1 aliphatic heterocycles. The number of fused-ring (bicyclic) bond motifs is 3. The van der Waals surface area contributed by atoms with Gasteiger partial charge >= 0.3 is 0 Å². The molecule has 6 rings (SSSR count). The van der Waals surface area contributed by atoms with Gasteiger partial charge < -0.3 is 16.0 Å². The largest absolute Gasteiger partial charge is 0.370 e. The van der Waals surface area contributed by atoms with Crippen LogP contribution in [0.5, 0.6) is 0 Å². The van der Waals surface area contributed by atoms with E-state index in [1.807, 2.05) is 42.6 Å². The number of anilines is 1. The Morgan fingerprint density at radius 3 is 2.77 bits per heavy atom. The molecule has 0 radical (unpaired) electrons. The van der Waals surface area contributed by atoms with Gasteiger partial charge in [-0.2, -0.15) is 0 Å². The van der Waals surface area contributed by atoms with Crippen molar-refractivity contribution < 1.29 is 4.79 Å². The fourth-order valence-electron chi connectivity index (χ4n) is 5.11. The van der Waals surface area contributed by atoms with Crippen LogP contribution in [0.1, 0.15) is 49.4 Å². The van der Waals surface area contributed by atoms with Gasteiger partial charge in [0, 0.05) is 51.4 Å². The zero-order chi connectivity index (χ0) is 24.4. The van der Waals surface area contributed by atoms with Crippen molar-refractivity contribution >= 4 is 45.0 Å². The number of H-pyrrole nitrogens is 1. The molecule has 2 unspecified atom stereocenters. The highest BCUT2D eigenvalue weighted by Gasteiger charge is 2.26. The van der Waals surface area contributed by atoms with Crippen LogP contribution in [0.25, 0.3) is 21.8 Å². The summed E-state index contributed by atoms with van der Waals surface area (Å²) in [4.78, 5) is 18.7. The molecule has 0 saturated carbocycles. The van der Waals surface area contributed by atoms with Gasteiger partial charge in [-0.05, 0) is 80.8 Å². The summed E-state index contributed by atoms with van der Waals surface area (Å²) in [5, 5.41) is 10.3. The molecule has 1 fully saturated rings. The minimum absolute atomic E-state index is 0.254. The van der Waals surface area contributed by atoms with Crippen molar-refractivity contribution in [3.8, 4) is 0 Å². The monoisotopic (exact) mass is 489 g/mol. The molecule has 182 valence electrons. The van der Waals surface area contributed by atoms with Crippen LogP contribution in [0, 0.1) is 0 Å². The van der Waals surface area contributed by atoms with E-state index in [0.717, 1.165) is 34.5 Å². The standard InChI is InChI=1S/C17H20ClN3.C11H12N2O/c1-10-8-16(19-10)21-17-12-4-2-3-5-14(12)20-15-9-11(18)6-7-13(15)17;12-11(14)6-5-8-7-13-10-4-2-1-3-9(8)10/h6-7,9-10,16,19H,2-5,8H2,1H3,(H,20,21);1-4,7,13H,5-6H2,(H2,12,14). The number of nitrogens with two attached hydrogens (primary N) is 1. The van der Waals surface area contributed by atoms with Crippen molar-refractivity contribution in [2.45, 2.75) is 64.1 Å². The molecule has 4 aromatic rings. The molecule has 1 aliphatic carbocycles. The maximum Gasteiger partial charge on any atom is 0.217 e. The highest BCUT2D eigenvalue weighted by atomic mass is 35.5. The van der Waals surface area contributed by atoms with E-state index in [1.165, 1.54) is 47.0 Å². The molecule has 3 heterocycles. The number of benzene rings is 2. The SMILES string of the molecule is CC1CC(Nc2c3c(nc4cc(Cl)ccc24)CCCC3)N1.NC(=O)CCc1c[nH]c2ccccc12. The third-order valence-corrected chi connectivity index (χ3v) is 7.17. The van der Waals surface area contributed by atoms with Gasteiger partial charge in [-0.15, -0.1) is 0 Å². The lowest BCUT2D eigenvalue weighted by molar-refractivity contribution is -0.117. The zero-order valence-corrected chi connectivity index (χ0v) is 20.8. The Morgan fingerprint density at radius 2 is 1.97 bits per heavy atom. The predicted molar refractivity (Wildman–Crippen MR) is 144 cm³/mol. The average molecular weight is 490 g/mol. The van der Waals surface area contributed by atoms with E-state index in [4.69, 9.17) is 22.3 Å². The van der Waals surface area contributed by atoms with E-state index in [0.29, 0.717) is 25.0 Å². The molecule has 1 amide bonds. The van der Waals surface area contributed by atoms with Crippen LogP contribution in [0.15, 0.2) is 48.7 Å². The number of amides is 1. The Labute approximate surface area is 210 Å². The van der Waals surface area contributed by atoms with E-state index in [2.05, 4.69) is 28.6 Å². The van der Waals surface area contributed by atoms with E-state index < -0.39 is 0 Å². The number of carbonyl (C=O) groups excluding carboxylic acids is 1. The van der Waals surface area contributed by atoms with E-state index >= 15 is 0 Å². The smallest absolute Gasteiger partial charge is 0.217 e.